The van der Waals surface area contributed by atoms with Gasteiger partial charge in [0.15, 0.2) is 22.5 Å². The Balaban J connectivity index is 1.60. The fourth-order valence-electron chi connectivity index (χ4n) is 5.37. The van der Waals surface area contributed by atoms with Crippen molar-refractivity contribution in [1.82, 2.24) is 0 Å². The molecule has 0 spiro atoms. The third kappa shape index (κ3) is 6.58. The van der Waals surface area contributed by atoms with E-state index in [9.17, 15) is 4.79 Å². The van der Waals surface area contributed by atoms with Gasteiger partial charge in [-0.15, -0.1) is 0 Å². The second-order valence-corrected chi connectivity index (χ2v) is 10.6. The smallest absolute Gasteiger partial charge is 0.203 e. The predicted molar refractivity (Wildman–Crippen MR) is 181 cm³/mol. The summed E-state index contributed by atoms with van der Waals surface area (Å²) < 4.78 is 41.6. The molecule has 5 aromatic carbocycles. The van der Waals surface area contributed by atoms with Crippen LogP contribution in [0.5, 0.6) is 34.5 Å². The molecule has 0 amide bonds. The molecule has 0 radical (unpaired) electrons. The molecule has 0 N–H and O–H groups in total. The zero-order valence-corrected chi connectivity index (χ0v) is 26.6. The normalized spacial score (nSPS) is 10.8. The van der Waals surface area contributed by atoms with Crippen molar-refractivity contribution in [3.05, 3.63) is 131 Å². The Bertz CT molecular complexity index is 2010. The first-order valence-electron chi connectivity index (χ1n) is 15.0. The Hall–Kier alpha value is -5.89. The maximum atomic E-state index is 14.1. The first-order valence-corrected chi connectivity index (χ1v) is 15.0. The largest absolute Gasteiger partial charge is 0.497 e. The van der Waals surface area contributed by atoms with Gasteiger partial charge in [-0.25, -0.2) is 0 Å². The topological polar surface area (TPSA) is 85.6 Å². The zero-order chi connectivity index (χ0) is 32.8. The van der Waals surface area contributed by atoms with E-state index in [1.54, 1.807) is 25.3 Å². The van der Waals surface area contributed by atoms with Crippen molar-refractivity contribution in [3.8, 4) is 56.9 Å². The lowest BCUT2D eigenvalue weighted by Gasteiger charge is -2.18. The van der Waals surface area contributed by atoms with Crippen LogP contribution in [0, 0.1) is 0 Å². The Morgan fingerprint density at radius 3 is 1.66 bits per heavy atom. The highest BCUT2D eigenvalue weighted by atomic mass is 16.5. The van der Waals surface area contributed by atoms with Crippen LogP contribution >= 0.6 is 0 Å². The average Bonchev–Trinajstić information content (AvgIpc) is 3.12. The minimum Gasteiger partial charge on any atom is -0.497 e. The summed E-state index contributed by atoms with van der Waals surface area (Å²) in [5, 5.41) is 0.287. The molecule has 0 saturated heterocycles. The number of methoxy groups -OCH3 is 4. The predicted octanol–water partition coefficient (Wildman–Crippen LogP) is 8.32. The van der Waals surface area contributed by atoms with Gasteiger partial charge in [-0.2, -0.15) is 0 Å². The maximum Gasteiger partial charge on any atom is 0.203 e. The summed E-state index contributed by atoms with van der Waals surface area (Å²) in [6, 6.07) is 33.8. The monoisotopic (exact) mass is 630 g/mol. The molecular formula is C39H34O8. The van der Waals surface area contributed by atoms with E-state index in [-0.39, 0.29) is 24.0 Å². The summed E-state index contributed by atoms with van der Waals surface area (Å²) in [7, 11) is 6.21. The van der Waals surface area contributed by atoms with E-state index in [0.29, 0.717) is 57.0 Å². The van der Waals surface area contributed by atoms with Gasteiger partial charge in [-0.1, -0.05) is 72.8 Å². The van der Waals surface area contributed by atoms with Gasteiger partial charge in [0.05, 0.1) is 34.0 Å². The Kier molecular flexibility index (Phi) is 9.29. The number of fused-ring (bicyclic) bond motifs is 1. The van der Waals surface area contributed by atoms with Crippen LogP contribution in [0.1, 0.15) is 11.1 Å². The molecular weight excluding hydrogens is 596 g/mol. The van der Waals surface area contributed by atoms with Gasteiger partial charge in [0.2, 0.25) is 5.75 Å². The van der Waals surface area contributed by atoms with E-state index >= 15 is 0 Å². The van der Waals surface area contributed by atoms with Gasteiger partial charge >= 0.3 is 0 Å². The van der Waals surface area contributed by atoms with Crippen LogP contribution < -0.4 is 33.8 Å². The fraction of sp³-hybridized carbons (Fsp3) is 0.154. The third-order valence-electron chi connectivity index (χ3n) is 7.73. The van der Waals surface area contributed by atoms with E-state index in [1.165, 1.54) is 27.4 Å². The Morgan fingerprint density at radius 2 is 1.13 bits per heavy atom. The van der Waals surface area contributed by atoms with Crippen molar-refractivity contribution in [2.45, 2.75) is 13.2 Å². The van der Waals surface area contributed by atoms with Crippen LogP contribution in [0.15, 0.2) is 118 Å². The summed E-state index contributed by atoms with van der Waals surface area (Å²) in [5.41, 5.74) is 3.86. The first kappa shape index (κ1) is 31.1. The second-order valence-electron chi connectivity index (χ2n) is 10.6. The molecule has 0 unspecified atom stereocenters. The Morgan fingerprint density at radius 1 is 0.553 bits per heavy atom. The minimum absolute atomic E-state index is 0.240. The summed E-state index contributed by atoms with van der Waals surface area (Å²) >= 11 is 0. The fourth-order valence-corrected chi connectivity index (χ4v) is 5.37. The maximum absolute atomic E-state index is 14.1. The van der Waals surface area contributed by atoms with Crippen molar-refractivity contribution in [2.24, 2.45) is 0 Å². The third-order valence-corrected chi connectivity index (χ3v) is 7.73. The van der Waals surface area contributed by atoms with Crippen LogP contribution in [0.4, 0.5) is 0 Å². The molecule has 0 saturated carbocycles. The van der Waals surface area contributed by atoms with Crippen molar-refractivity contribution >= 4 is 11.0 Å². The molecule has 8 heteroatoms. The van der Waals surface area contributed by atoms with Crippen LogP contribution in [0.25, 0.3) is 33.4 Å². The van der Waals surface area contributed by atoms with E-state index < -0.39 is 0 Å². The second kappa shape index (κ2) is 14.0. The number of hydrogen-bond donors (Lipinski definition) is 0. The molecule has 0 aliphatic rings. The number of ether oxygens (including phenoxy) is 6. The minimum atomic E-state index is -0.289. The van der Waals surface area contributed by atoms with Gasteiger partial charge in [-0.05, 0) is 41.0 Å². The molecule has 0 aliphatic carbocycles. The zero-order valence-electron chi connectivity index (χ0n) is 26.6. The van der Waals surface area contributed by atoms with Crippen molar-refractivity contribution < 1.29 is 32.8 Å². The average molecular weight is 631 g/mol. The number of hydrogen-bond acceptors (Lipinski definition) is 8. The molecule has 6 rings (SSSR count). The van der Waals surface area contributed by atoms with Crippen molar-refractivity contribution in [2.75, 3.05) is 28.4 Å². The molecule has 0 atom stereocenters. The van der Waals surface area contributed by atoms with Crippen LogP contribution in [0.3, 0.4) is 0 Å². The number of benzene rings is 5. The molecule has 8 nitrogen and oxygen atoms in total. The lowest BCUT2D eigenvalue weighted by molar-refractivity contribution is 0.293. The lowest BCUT2D eigenvalue weighted by atomic mass is 9.99. The van der Waals surface area contributed by atoms with Gasteiger partial charge < -0.3 is 32.8 Å². The van der Waals surface area contributed by atoms with Crippen LogP contribution in [-0.4, -0.2) is 28.4 Å². The van der Waals surface area contributed by atoms with E-state index in [4.69, 9.17) is 32.8 Å². The standard InChI is InChI=1S/C39H34O8/c1-41-29-17-15-27(16-18-29)36-32(45-23-25-11-7-5-8-12-25)22-33(46-24-26-13-9-6-10-14-26)37-30(40)21-31(47-39(36)37)28-19-34(42-2)38(44-4)35(20-28)43-3/h5-22H,23-24H2,1-4H3. The Labute approximate surface area is 272 Å². The van der Waals surface area contributed by atoms with Gasteiger partial charge in [0, 0.05) is 17.7 Å². The molecule has 1 aromatic heterocycles. The van der Waals surface area contributed by atoms with E-state index in [1.807, 2.05) is 84.9 Å². The summed E-state index contributed by atoms with van der Waals surface area (Å²) in [4.78, 5) is 14.1. The van der Waals surface area contributed by atoms with E-state index in [2.05, 4.69) is 0 Å². The molecule has 6 aromatic rings. The quantitative estimate of drug-likeness (QED) is 0.133. The van der Waals surface area contributed by atoms with Gasteiger partial charge in [0.1, 0.15) is 41.6 Å². The highest BCUT2D eigenvalue weighted by Crippen LogP contribution is 2.45. The SMILES string of the molecule is COc1ccc(-c2c(OCc3ccccc3)cc(OCc3ccccc3)c3c(=O)cc(-c4cc(OC)c(OC)c(OC)c4)oc23)cc1. The summed E-state index contributed by atoms with van der Waals surface area (Å²) in [6.07, 6.45) is 0. The molecule has 238 valence electrons. The molecule has 1 heterocycles. The van der Waals surface area contributed by atoms with Crippen molar-refractivity contribution in [1.29, 1.82) is 0 Å². The molecule has 0 bridgehead atoms. The summed E-state index contributed by atoms with van der Waals surface area (Å²) in [5.74, 6) is 3.08. The van der Waals surface area contributed by atoms with E-state index in [0.717, 1.165) is 16.7 Å². The highest BCUT2D eigenvalue weighted by Gasteiger charge is 2.24. The lowest BCUT2D eigenvalue weighted by Crippen LogP contribution is -2.07. The molecule has 0 fully saturated rings. The first-order chi connectivity index (χ1) is 23.0. The van der Waals surface area contributed by atoms with Crippen molar-refractivity contribution in [3.63, 3.8) is 0 Å². The highest BCUT2D eigenvalue weighted by molar-refractivity contribution is 6.00. The van der Waals surface area contributed by atoms with Gasteiger partial charge in [-0.3, -0.25) is 4.79 Å². The molecule has 47 heavy (non-hydrogen) atoms. The number of rotatable bonds is 12. The van der Waals surface area contributed by atoms with Gasteiger partial charge in [0.25, 0.3) is 0 Å². The van der Waals surface area contributed by atoms with Crippen LogP contribution in [-0.2, 0) is 13.2 Å². The molecule has 0 aliphatic heterocycles. The summed E-state index contributed by atoms with van der Waals surface area (Å²) in [6.45, 7) is 0.522. The van der Waals surface area contributed by atoms with Crippen LogP contribution in [0.2, 0.25) is 0 Å².